The van der Waals surface area contributed by atoms with E-state index in [1.54, 1.807) is 13.8 Å². The second-order valence-electron chi connectivity index (χ2n) is 7.48. The number of hydrogen-bond donors (Lipinski definition) is 0. The Hall–Kier alpha value is -1.85. The van der Waals surface area contributed by atoms with Gasteiger partial charge in [0.2, 0.25) is 11.7 Å². The van der Waals surface area contributed by atoms with Gasteiger partial charge in [0.25, 0.3) is 5.91 Å². The van der Waals surface area contributed by atoms with Crippen molar-refractivity contribution >= 4 is 11.8 Å². The summed E-state index contributed by atoms with van der Waals surface area (Å²) in [6.45, 7) is 6.31. The number of carbonyl (C=O) groups is 2. The number of likely N-dealkylation sites (tertiary alicyclic amines) is 2. The molecule has 3 fully saturated rings. The molecule has 0 radical (unpaired) electrons. The van der Waals surface area contributed by atoms with Gasteiger partial charge in [-0.15, -0.1) is 0 Å². The molecule has 0 N–H and O–H groups in total. The highest BCUT2D eigenvalue weighted by atomic mass is 16.3. The Kier molecular flexibility index (Phi) is 3.09. The van der Waals surface area contributed by atoms with Gasteiger partial charge in [-0.3, -0.25) is 9.59 Å². The largest absolute Gasteiger partial charge is 0.438 e. The number of aryl methyl sites for hydroxylation is 1. The number of piperidine rings is 1. The molecule has 3 aliphatic rings. The molecular formula is C17H23N3O3. The molecule has 6 heteroatoms. The van der Waals surface area contributed by atoms with Crippen molar-refractivity contribution < 1.29 is 14.0 Å². The van der Waals surface area contributed by atoms with Crippen LogP contribution in [-0.2, 0) is 4.79 Å². The van der Waals surface area contributed by atoms with E-state index in [9.17, 15) is 9.59 Å². The fourth-order valence-electron chi connectivity index (χ4n) is 5.33. The minimum absolute atomic E-state index is 0.00355. The number of aromatic nitrogens is 1. The molecule has 2 aliphatic heterocycles. The predicted molar refractivity (Wildman–Crippen MR) is 82.7 cm³/mol. The zero-order valence-electron chi connectivity index (χ0n) is 13.9. The van der Waals surface area contributed by atoms with Gasteiger partial charge in [-0.1, -0.05) is 6.92 Å². The summed E-state index contributed by atoms with van der Waals surface area (Å²) in [5, 5.41) is 0. The van der Waals surface area contributed by atoms with Crippen LogP contribution < -0.4 is 0 Å². The normalized spacial score (nSPS) is 35.5. The summed E-state index contributed by atoms with van der Waals surface area (Å²) >= 11 is 0. The van der Waals surface area contributed by atoms with E-state index in [1.165, 1.54) is 6.39 Å². The van der Waals surface area contributed by atoms with E-state index in [1.807, 2.05) is 9.80 Å². The monoisotopic (exact) mass is 317 g/mol. The molecule has 2 bridgehead atoms. The Morgan fingerprint density at radius 3 is 2.74 bits per heavy atom. The fraction of sp³-hybridized carbons (Fsp3) is 0.706. The lowest BCUT2D eigenvalue weighted by Crippen LogP contribution is -2.57. The van der Waals surface area contributed by atoms with Crippen LogP contribution in [0.15, 0.2) is 10.8 Å². The van der Waals surface area contributed by atoms with Crippen LogP contribution in [0.4, 0.5) is 0 Å². The number of hydrogen-bond acceptors (Lipinski definition) is 4. The first-order valence-electron chi connectivity index (χ1n) is 8.43. The van der Waals surface area contributed by atoms with Crippen LogP contribution in [-0.4, -0.2) is 51.3 Å². The van der Waals surface area contributed by atoms with Gasteiger partial charge >= 0.3 is 0 Å². The summed E-state index contributed by atoms with van der Waals surface area (Å²) in [6.07, 6.45) is 5.44. The minimum atomic E-state index is -0.0769. The maximum Gasteiger partial charge on any atom is 0.291 e. The standard InChI is InChI=1S/C17H23N3O3/c1-10-15(23-9-18-10)16(22)19-8-12-7-17(3)13(19)5-4-6-14(17)20(12)11(2)21/h9,12-14H,4-8H2,1-3H3/t12-,13+,14-,17+/m0/s1. The maximum atomic E-state index is 13.0. The Bertz CT molecular complexity index is 670. The molecule has 3 heterocycles. The van der Waals surface area contributed by atoms with Crippen molar-refractivity contribution in [2.24, 2.45) is 5.41 Å². The molecule has 0 spiro atoms. The van der Waals surface area contributed by atoms with Crippen LogP contribution in [0, 0.1) is 12.3 Å². The molecule has 2 amide bonds. The van der Waals surface area contributed by atoms with Gasteiger partial charge in [0.15, 0.2) is 6.39 Å². The van der Waals surface area contributed by atoms with Gasteiger partial charge in [-0.25, -0.2) is 4.98 Å². The van der Waals surface area contributed by atoms with Crippen LogP contribution in [0.2, 0.25) is 0 Å². The van der Waals surface area contributed by atoms with Crippen LogP contribution in [0.1, 0.15) is 55.8 Å². The van der Waals surface area contributed by atoms with Crippen LogP contribution in [0.3, 0.4) is 0 Å². The average molecular weight is 317 g/mol. The highest BCUT2D eigenvalue weighted by Gasteiger charge is 2.61. The second kappa shape index (κ2) is 4.82. The van der Waals surface area contributed by atoms with E-state index in [4.69, 9.17) is 4.42 Å². The molecule has 1 saturated carbocycles. The van der Waals surface area contributed by atoms with Crippen molar-refractivity contribution in [2.75, 3.05) is 6.54 Å². The molecule has 1 aromatic rings. The Balaban J connectivity index is 1.73. The van der Waals surface area contributed by atoms with Crippen molar-refractivity contribution in [1.82, 2.24) is 14.8 Å². The summed E-state index contributed by atoms with van der Waals surface area (Å²) < 4.78 is 5.33. The van der Waals surface area contributed by atoms with Crippen molar-refractivity contribution in [3.05, 3.63) is 17.8 Å². The van der Waals surface area contributed by atoms with Crippen LogP contribution in [0.5, 0.6) is 0 Å². The number of fused-ring (bicyclic) bond motifs is 1. The molecule has 4 rings (SSSR count). The highest BCUT2D eigenvalue weighted by Crippen LogP contribution is 2.54. The summed E-state index contributed by atoms with van der Waals surface area (Å²) in [5.74, 6) is 0.396. The van der Waals surface area contributed by atoms with Crippen molar-refractivity contribution in [1.29, 1.82) is 0 Å². The van der Waals surface area contributed by atoms with Gasteiger partial charge in [0, 0.05) is 31.0 Å². The second-order valence-corrected chi connectivity index (χ2v) is 7.48. The Morgan fingerprint density at radius 2 is 2.09 bits per heavy atom. The Labute approximate surface area is 135 Å². The Morgan fingerprint density at radius 1 is 1.35 bits per heavy atom. The number of rotatable bonds is 1. The van der Waals surface area contributed by atoms with Crippen molar-refractivity contribution in [2.45, 2.75) is 64.6 Å². The molecule has 23 heavy (non-hydrogen) atoms. The number of amides is 2. The van der Waals surface area contributed by atoms with Gasteiger partial charge in [0.05, 0.1) is 11.7 Å². The van der Waals surface area contributed by atoms with Gasteiger partial charge < -0.3 is 14.2 Å². The van der Waals surface area contributed by atoms with Gasteiger partial charge in [-0.05, 0) is 32.6 Å². The van der Waals surface area contributed by atoms with Crippen LogP contribution in [0.25, 0.3) is 0 Å². The SMILES string of the molecule is CC(=O)N1[C@@H]2CN(C(=O)c3ocnc3C)[C@@H]3CCC[C@H]1[C@]3(C)C2. The van der Waals surface area contributed by atoms with E-state index in [0.717, 1.165) is 25.7 Å². The topological polar surface area (TPSA) is 66.7 Å². The number of nitrogens with zero attached hydrogens (tertiary/aromatic N) is 3. The first-order valence-corrected chi connectivity index (χ1v) is 8.43. The average Bonchev–Trinajstić information content (AvgIpc) is 3.04. The minimum Gasteiger partial charge on any atom is -0.438 e. The fourth-order valence-corrected chi connectivity index (χ4v) is 5.33. The third-order valence-electron chi connectivity index (χ3n) is 6.23. The third kappa shape index (κ3) is 1.90. The first kappa shape index (κ1) is 14.7. The molecule has 2 saturated heterocycles. The van der Waals surface area contributed by atoms with Crippen LogP contribution >= 0.6 is 0 Å². The lowest BCUT2D eigenvalue weighted by Gasteiger charge is -2.49. The molecule has 1 aromatic heterocycles. The molecule has 124 valence electrons. The quantitative estimate of drug-likeness (QED) is 0.794. The maximum absolute atomic E-state index is 13.0. The first-order chi connectivity index (χ1) is 10.9. The van der Waals surface area contributed by atoms with E-state index >= 15 is 0 Å². The smallest absolute Gasteiger partial charge is 0.291 e. The molecule has 1 aliphatic carbocycles. The third-order valence-corrected chi connectivity index (χ3v) is 6.23. The molecule has 0 unspecified atom stereocenters. The summed E-state index contributed by atoms with van der Waals surface area (Å²) in [7, 11) is 0. The van der Waals surface area contributed by atoms with Gasteiger partial charge in [0.1, 0.15) is 0 Å². The summed E-state index contributed by atoms with van der Waals surface area (Å²) in [5.41, 5.74) is 0.630. The lowest BCUT2D eigenvalue weighted by molar-refractivity contribution is -0.132. The van der Waals surface area contributed by atoms with E-state index < -0.39 is 0 Å². The zero-order chi connectivity index (χ0) is 16.4. The number of oxazole rings is 1. The zero-order valence-corrected chi connectivity index (χ0v) is 13.9. The van der Waals surface area contributed by atoms with E-state index in [-0.39, 0.29) is 35.4 Å². The lowest BCUT2D eigenvalue weighted by atomic mass is 9.65. The number of carbonyl (C=O) groups excluding carboxylic acids is 2. The molecule has 4 atom stereocenters. The summed E-state index contributed by atoms with van der Waals surface area (Å²) in [6, 6.07) is 0.570. The van der Waals surface area contributed by atoms with Gasteiger partial charge in [-0.2, -0.15) is 0 Å². The van der Waals surface area contributed by atoms with E-state index in [0.29, 0.717) is 18.0 Å². The highest BCUT2D eigenvalue weighted by molar-refractivity contribution is 5.93. The predicted octanol–water partition coefficient (Wildman–Crippen LogP) is 1.99. The molecule has 6 nitrogen and oxygen atoms in total. The molecule has 0 aromatic carbocycles. The molecular weight excluding hydrogens is 294 g/mol. The summed E-state index contributed by atoms with van der Waals surface area (Å²) in [4.78, 5) is 33.2. The van der Waals surface area contributed by atoms with E-state index in [2.05, 4.69) is 11.9 Å². The van der Waals surface area contributed by atoms with Crippen molar-refractivity contribution in [3.8, 4) is 0 Å². The van der Waals surface area contributed by atoms with Crippen molar-refractivity contribution in [3.63, 3.8) is 0 Å².